The van der Waals surface area contributed by atoms with Gasteiger partial charge in [-0.25, -0.2) is 0 Å². The number of rotatable bonds is 9. The van der Waals surface area contributed by atoms with Gasteiger partial charge in [0.05, 0.1) is 13.5 Å². The fraction of sp³-hybridized carbons (Fsp3) is 0.318. The fourth-order valence-corrected chi connectivity index (χ4v) is 3.10. The minimum atomic E-state index is -0.560. The molecule has 7 heteroatoms. The summed E-state index contributed by atoms with van der Waals surface area (Å²) in [6, 6.07) is 12.8. The summed E-state index contributed by atoms with van der Waals surface area (Å²) in [5, 5.41) is 0. The Morgan fingerprint density at radius 2 is 1.76 bits per heavy atom. The van der Waals surface area contributed by atoms with Gasteiger partial charge in [0, 0.05) is 29.6 Å². The minimum absolute atomic E-state index is 0.0859. The van der Waals surface area contributed by atoms with Gasteiger partial charge >= 0.3 is 5.97 Å². The van der Waals surface area contributed by atoms with Crippen LogP contribution in [-0.2, 0) is 27.3 Å². The fourth-order valence-electron chi connectivity index (χ4n) is 2.69. The smallest absolute Gasteiger partial charge is 0.310 e. The van der Waals surface area contributed by atoms with E-state index in [-0.39, 0.29) is 24.7 Å². The number of amides is 1. The van der Waals surface area contributed by atoms with E-state index < -0.39 is 5.97 Å². The molecular formula is C22H25NO5S. The van der Waals surface area contributed by atoms with Crippen LogP contribution in [0.1, 0.15) is 28.4 Å². The van der Waals surface area contributed by atoms with Crippen LogP contribution >= 0.6 is 11.8 Å². The van der Waals surface area contributed by atoms with E-state index in [1.165, 1.54) is 18.9 Å². The SMILES string of the molecule is COc1ccc(C(C)=O)cc1CC(=O)OCC(=O)N(C)Cc1ccc(SC)cc1. The minimum Gasteiger partial charge on any atom is -0.496 e. The molecule has 0 radical (unpaired) electrons. The highest BCUT2D eigenvalue weighted by molar-refractivity contribution is 7.98. The number of Topliss-reactive ketones (excluding diaryl/α,β-unsaturated/α-hetero) is 1. The van der Waals surface area contributed by atoms with Crippen LogP contribution in [0.15, 0.2) is 47.4 Å². The van der Waals surface area contributed by atoms with Gasteiger partial charge in [-0.15, -0.1) is 11.8 Å². The molecule has 2 aromatic carbocycles. The van der Waals surface area contributed by atoms with Gasteiger partial charge in [-0.05, 0) is 49.1 Å². The lowest BCUT2D eigenvalue weighted by molar-refractivity contribution is -0.151. The largest absolute Gasteiger partial charge is 0.496 e. The van der Waals surface area contributed by atoms with E-state index in [0.717, 1.165) is 10.5 Å². The van der Waals surface area contributed by atoms with Crippen molar-refractivity contribution in [3.8, 4) is 5.75 Å². The third kappa shape index (κ3) is 6.64. The number of likely N-dealkylation sites (N-methyl/N-ethyl adjacent to an activating group) is 1. The second kappa shape index (κ2) is 10.7. The van der Waals surface area contributed by atoms with Crippen molar-refractivity contribution in [2.24, 2.45) is 0 Å². The Balaban J connectivity index is 1.90. The lowest BCUT2D eigenvalue weighted by Gasteiger charge is -2.17. The number of ketones is 1. The Hall–Kier alpha value is -2.80. The van der Waals surface area contributed by atoms with Crippen LogP contribution in [0.4, 0.5) is 0 Å². The van der Waals surface area contributed by atoms with Crippen LogP contribution in [0.25, 0.3) is 0 Å². The van der Waals surface area contributed by atoms with Crippen molar-refractivity contribution >= 4 is 29.4 Å². The number of methoxy groups -OCH3 is 1. The predicted molar refractivity (Wildman–Crippen MR) is 112 cm³/mol. The molecule has 0 atom stereocenters. The summed E-state index contributed by atoms with van der Waals surface area (Å²) in [6.45, 7) is 1.54. The molecular weight excluding hydrogens is 390 g/mol. The summed E-state index contributed by atoms with van der Waals surface area (Å²) >= 11 is 1.65. The van der Waals surface area contributed by atoms with E-state index in [2.05, 4.69) is 0 Å². The first-order valence-electron chi connectivity index (χ1n) is 9.04. The number of benzene rings is 2. The van der Waals surface area contributed by atoms with Gasteiger partial charge in [0.2, 0.25) is 0 Å². The van der Waals surface area contributed by atoms with Gasteiger partial charge in [0.15, 0.2) is 12.4 Å². The van der Waals surface area contributed by atoms with Crippen molar-refractivity contribution in [1.29, 1.82) is 0 Å². The van der Waals surface area contributed by atoms with Crippen LogP contribution in [-0.4, -0.2) is 49.6 Å². The summed E-state index contributed by atoms with van der Waals surface area (Å²) in [5.74, 6) is -0.472. The molecule has 0 saturated heterocycles. The molecule has 0 unspecified atom stereocenters. The van der Waals surface area contributed by atoms with E-state index in [9.17, 15) is 14.4 Å². The second-order valence-electron chi connectivity index (χ2n) is 6.52. The monoisotopic (exact) mass is 415 g/mol. The maximum atomic E-state index is 12.3. The Bertz CT molecular complexity index is 879. The summed E-state index contributed by atoms with van der Waals surface area (Å²) < 4.78 is 10.4. The Labute approximate surface area is 175 Å². The van der Waals surface area contributed by atoms with Crippen molar-refractivity contribution in [3.05, 3.63) is 59.2 Å². The van der Waals surface area contributed by atoms with E-state index in [1.54, 1.807) is 37.0 Å². The van der Waals surface area contributed by atoms with Gasteiger partial charge in [-0.1, -0.05) is 12.1 Å². The normalized spacial score (nSPS) is 10.3. The molecule has 0 heterocycles. The molecule has 0 aromatic heterocycles. The zero-order valence-electron chi connectivity index (χ0n) is 17.1. The summed E-state index contributed by atoms with van der Waals surface area (Å²) in [4.78, 5) is 38.7. The highest BCUT2D eigenvalue weighted by Crippen LogP contribution is 2.21. The maximum absolute atomic E-state index is 12.3. The van der Waals surface area contributed by atoms with Crippen molar-refractivity contribution in [2.75, 3.05) is 27.0 Å². The van der Waals surface area contributed by atoms with E-state index in [1.807, 2.05) is 30.5 Å². The molecule has 0 aliphatic carbocycles. The summed E-state index contributed by atoms with van der Waals surface area (Å²) in [6.07, 6.45) is 1.92. The Kier molecular flexibility index (Phi) is 8.27. The Morgan fingerprint density at radius 3 is 2.34 bits per heavy atom. The summed E-state index contributed by atoms with van der Waals surface area (Å²) in [5.41, 5.74) is 2.02. The molecule has 0 fully saturated rings. The van der Waals surface area contributed by atoms with Gasteiger partial charge in [-0.3, -0.25) is 14.4 Å². The first-order chi connectivity index (χ1) is 13.8. The number of carbonyl (C=O) groups excluding carboxylic acids is 3. The molecule has 0 spiro atoms. The molecule has 0 aliphatic heterocycles. The summed E-state index contributed by atoms with van der Waals surface area (Å²) in [7, 11) is 3.15. The quantitative estimate of drug-likeness (QED) is 0.355. The molecule has 29 heavy (non-hydrogen) atoms. The molecule has 154 valence electrons. The average Bonchev–Trinajstić information content (AvgIpc) is 2.72. The topological polar surface area (TPSA) is 72.9 Å². The number of hydrogen-bond donors (Lipinski definition) is 0. The van der Waals surface area contributed by atoms with E-state index in [4.69, 9.17) is 9.47 Å². The first kappa shape index (κ1) is 22.5. The van der Waals surface area contributed by atoms with Crippen LogP contribution in [0, 0.1) is 0 Å². The standard InChI is InChI=1S/C22H25NO5S/c1-15(24)17-7-10-20(27-3)18(11-17)12-22(26)28-14-21(25)23(2)13-16-5-8-19(29-4)9-6-16/h5-11H,12-14H2,1-4H3. The van der Waals surface area contributed by atoms with Gasteiger partial charge < -0.3 is 14.4 Å². The first-order valence-corrected chi connectivity index (χ1v) is 10.3. The predicted octanol–water partition coefficient (Wildman–Crippen LogP) is 3.36. The van der Waals surface area contributed by atoms with Crippen LogP contribution in [0.3, 0.4) is 0 Å². The highest BCUT2D eigenvalue weighted by Gasteiger charge is 2.16. The average molecular weight is 416 g/mol. The molecule has 0 saturated carbocycles. The third-order valence-electron chi connectivity index (χ3n) is 4.38. The van der Waals surface area contributed by atoms with E-state index >= 15 is 0 Å². The van der Waals surface area contributed by atoms with Crippen molar-refractivity contribution in [3.63, 3.8) is 0 Å². The van der Waals surface area contributed by atoms with Gasteiger partial charge in [0.25, 0.3) is 5.91 Å². The lowest BCUT2D eigenvalue weighted by atomic mass is 10.0. The van der Waals surface area contributed by atoms with Crippen LogP contribution < -0.4 is 4.74 Å². The number of nitrogens with zero attached hydrogens (tertiary/aromatic N) is 1. The molecule has 2 rings (SSSR count). The number of carbonyl (C=O) groups is 3. The Morgan fingerprint density at radius 1 is 1.07 bits per heavy atom. The van der Waals surface area contributed by atoms with E-state index in [0.29, 0.717) is 23.4 Å². The number of esters is 1. The third-order valence-corrected chi connectivity index (χ3v) is 5.13. The molecule has 0 aliphatic rings. The molecule has 6 nitrogen and oxygen atoms in total. The van der Waals surface area contributed by atoms with Crippen molar-refractivity contribution < 1.29 is 23.9 Å². The van der Waals surface area contributed by atoms with Gasteiger partial charge in [-0.2, -0.15) is 0 Å². The zero-order chi connectivity index (χ0) is 21.4. The van der Waals surface area contributed by atoms with Crippen LogP contribution in [0.2, 0.25) is 0 Å². The van der Waals surface area contributed by atoms with Gasteiger partial charge in [0.1, 0.15) is 5.75 Å². The van der Waals surface area contributed by atoms with Crippen LogP contribution in [0.5, 0.6) is 5.75 Å². The zero-order valence-corrected chi connectivity index (χ0v) is 17.9. The molecule has 1 amide bonds. The highest BCUT2D eigenvalue weighted by atomic mass is 32.2. The molecule has 0 N–H and O–H groups in total. The lowest BCUT2D eigenvalue weighted by Crippen LogP contribution is -2.31. The maximum Gasteiger partial charge on any atom is 0.310 e. The number of hydrogen-bond acceptors (Lipinski definition) is 6. The number of thioether (sulfide) groups is 1. The molecule has 0 bridgehead atoms. The van der Waals surface area contributed by atoms with Crippen molar-refractivity contribution in [1.82, 2.24) is 4.90 Å². The second-order valence-corrected chi connectivity index (χ2v) is 7.40. The molecule has 2 aromatic rings. The number of ether oxygens (including phenoxy) is 2. The van der Waals surface area contributed by atoms with Crippen molar-refractivity contribution in [2.45, 2.75) is 24.8 Å².